The van der Waals surface area contributed by atoms with E-state index in [1.54, 1.807) is 24.3 Å². The van der Waals surface area contributed by atoms with Gasteiger partial charge in [-0.3, -0.25) is 4.79 Å². The van der Waals surface area contributed by atoms with Crippen molar-refractivity contribution in [1.82, 2.24) is 0 Å². The van der Waals surface area contributed by atoms with Crippen molar-refractivity contribution in [3.05, 3.63) is 100 Å². The molecule has 3 aromatic carbocycles. The molecule has 0 atom stereocenters. The number of benzene rings is 3. The molecule has 36 heavy (non-hydrogen) atoms. The fraction of sp³-hybridized carbons (Fsp3) is 0.192. The zero-order valence-electron chi connectivity index (χ0n) is 18.6. The molecule has 3 nitrogen and oxygen atoms in total. The molecule has 2 N–H and O–H groups in total. The highest BCUT2D eigenvalue weighted by atomic mass is 19.4. The van der Waals surface area contributed by atoms with Gasteiger partial charge in [-0.1, -0.05) is 30.0 Å². The highest BCUT2D eigenvalue weighted by molar-refractivity contribution is 5.95. The van der Waals surface area contributed by atoms with Crippen LogP contribution in [0.5, 0.6) is 0 Å². The van der Waals surface area contributed by atoms with E-state index in [4.69, 9.17) is 5.73 Å². The zero-order chi connectivity index (χ0) is 26.5. The standard InChI is InChI=1S/C26H19F7N2O/c27-21-9-11-22(12-10-21)35(13-1-2-17-3-5-18(16-34)6-4-17)24(36)14-19-7-8-20(25(28,29)30)15-23(19)26(31,32)33/h3-12,15H,13-14,16,34H2. The maximum absolute atomic E-state index is 13.5. The summed E-state index contributed by atoms with van der Waals surface area (Å²) in [4.78, 5) is 14.1. The maximum Gasteiger partial charge on any atom is 0.416 e. The number of rotatable bonds is 5. The van der Waals surface area contributed by atoms with Crippen LogP contribution in [0.15, 0.2) is 66.7 Å². The number of anilines is 1. The van der Waals surface area contributed by atoms with Gasteiger partial charge in [0.1, 0.15) is 5.82 Å². The lowest BCUT2D eigenvalue weighted by Crippen LogP contribution is -2.33. The largest absolute Gasteiger partial charge is 0.416 e. The van der Waals surface area contributed by atoms with Crippen molar-refractivity contribution in [2.45, 2.75) is 25.3 Å². The third kappa shape index (κ3) is 6.86. The quantitative estimate of drug-likeness (QED) is 0.342. The van der Waals surface area contributed by atoms with E-state index in [0.29, 0.717) is 24.2 Å². The fourth-order valence-electron chi connectivity index (χ4n) is 3.32. The van der Waals surface area contributed by atoms with Gasteiger partial charge in [0, 0.05) is 17.8 Å². The van der Waals surface area contributed by atoms with E-state index in [0.717, 1.165) is 22.6 Å². The van der Waals surface area contributed by atoms with E-state index >= 15 is 0 Å². The summed E-state index contributed by atoms with van der Waals surface area (Å²) in [7, 11) is 0. The highest BCUT2D eigenvalue weighted by Crippen LogP contribution is 2.37. The lowest BCUT2D eigenvalue weighted by Gasteiger charge is -2.22. The Kier molecular flexibility index (Phi) is 8.05. The van der Waals surface area contributed by atoms with Crippen LogP contribution in [-0.2, 0) is 30.1 Å². The second kappa shape index (κ2) is 10.8. The maximum atomic E-state index is 13.5. The van der Waals surface area contributed by atoms with Crippen molar-refractivity contribution < 1.29 is 35.5 Å². The van der Waals surface area contributed by atoms with Gasteiger partial charge in [-0.05, 0) is 59.7 Å². The van der Waals surface area contributed by atoms with Gasteiger partial charge in [-0.25, -0.2) is 4.39 Å². The molecule has 0 unspecified atom stereocenters. The topological polar surface area (TPSA) is 46.3 Å². The number of amides is 1. The lowest BCUT2D eigenvalue weighted by atomic mass is 10.00. The Morgan fingerprint density at radius 3 is 2.06 bits per heavy atom. The van der Waals surface area contributed by atoms with Gasteiger partial charge in [0.25, 0.3) is 0 Å². The lowest BCUT2D eigenvalue weighted by molar-refractivity contribution is -0.143. The predicted molar refractivity (Wildman–Crippen MR) is 120 cm³/mol. The number of hydrogen-bond acceptors (Lipinski definition) is 2. The van der Waals surface area contributed by atoms with Gasteiger partial charge in [-0.15, -0.1) is 0 Å². The van der Waals surface area contributed by atoms with Gasteiger partial charge < -0.3 is 10.6 Å². The Labute approximate surface area is 202 Å². The fourth-order valence-corrected chi connectivity index (χ4v) is 3.32. The van der Waals surface area contributed by atoms with Crippen LogP contribution in [0, 0.1) is 17.7 Å². The summed E-state index contributed by atoms with van der Waals surface area (Å²) in [5, 5.41) is 0. The Bertz CT molecular complexity index is 1270. The first kappa shape index (κ1) is 26.8. The summed E-state index contributed by atoms with van der Waals surface area (Å²) in [5.41, 5.74) is 3.52. The molecule has 0 saturated carbocycles. The summed E-state index contributed by atoms with van der Waals surface area (Å²) in [6.45, 7) is 0.0789. The highest BCUT2D eigenvalue weighted by Gasteiger charge is 2.38. The number of carbonyl (C=O) groups excluding carboxylic acids is 1. The van der Waals surface area contributed by atoms with Crippen molar-refractivity contribution >= 4 is 11.6 Å². The number of carbonyl (C=O) groups is 1. The molecule has 0 heterocycles. The second-order valence-corrected chi connectivity index (χ2v) is 7.70. The predicted octanol–water partition coefficient (Wildman–Crippen LogP) is 5.95. The van der Waals surface area contributed by atoms with E-state index in [2.05, 4.69) is 11.8 Å². The minimum Gasteiger partial charge on any atom is -0.326 e. The van der Waals surface area contributed by atoms with Crippen LogP contribution >= 0.6 is 0 Å². The third-order valence-corrected chi connectivity index (χ3v) is 5.18. The molecule has 0 aliphatic rings. The Morgan fingerprint density at radius 1 is 0.861 bits per heavy atom. The number of alkyl halides is 6. The molecule has 0 fully saturated rings. The minimum absolute atomic E-state index is 0.0182. The van der Waals surface area contributed by atoms with Crippen LogP contribution < -0.4 is 10.6 Å². The molecule has 0 aliphatic carbocycles. The summed E-state index contributed by atoms with van der Waals surface area (Å²) >= 11 is 0. The summed E-state index contributed by atoms with van der Waals surface area (Å²) < 4.78 is 92.8. The van der Waals surface area contributed by atoms with E-state index in [1.165, 1.54) is 12.1 Å². The number of hydrogen-bond donors (Lipinski definition) is 1. The van der Waals surface area contributed by atoms with E-state index in [1.807, 2.05) is 0 Å². The van der Waals surface area contributed by atoms with Crippen LogP contribution in [0.25, 0.3) is 0 Å². The third-order valence-electron chi connectivity index (χ3n) is 5.18. The van der Waals surface area contributed by atoms with Gasteiger partial charge in [0.05, 0.1) is 24.1 Å². The van der Waals surface area contributed by atoms with Crippen molar-refractivity contribution in [2.75, 3.05) is 11.4 Å². The van der Waals surface area contributed by atoms with E-state index in [-0.39, 0.29) is 18.3 Å². The molecule has 0 bridgehead atoms. The first-order chi connectivity index (χ1) is 16.9. The molecule has 188 valence electrons. The monoisotopic (exact) mass is 508 g/mol. The smallest absolute Gasteiger partial charge is 0.326 e. The van der Waals surface area contributed by atoms with Crippen molar-refractivity contribution in [3.8, 4) is 11.8 Å². The molecule has 0 aliphatic heterocycles. The van der Waals surface area contributed by atoms with Crippen LogP contribution in [0.4, 0.5) is 36.4 Å². The van der Waals surface area contributed by atoms with Crippen molar-refractivity contribution in [2.24, 2.45) is 5.73 Å². The average molecular weight is 508 g/mol. The van der Waals surface area contributed by atoms with Crippen LogP contribution in [0.3, 0.4) is 0 Å². The van der Waals surface area contributed by atoms with Gasteiger partial charge >= 0.3 is 12.4 Å². The van der Waals surface area contributed by atoms with Crippen molar-refractivity contribution in [3.63, 3.8) is 0 Å². The summed E-state index contributed by atoms with van der Waals surface area (Å²) in [5.74, 6) is 4.11. The number of nitrogens with two attached hydrogens (primary N) is 1. The van der Waals surface area contributed by atoms with Gasteiger partial charge in [-0.2, -0.15) is 26.3 Å². The van der Waals surface area contributed by atoms with E-state index < -0.39 is 47.2 Å². The molecule has 10 heteroatoms. The second-order valence-electron chi connectivity index (χ2n) is 7.70. The number of nitrogens with zero attached hydrogens (tertiary/aromatic N) is 1. The Morgan fingerprint density at radius 2 is 1.50 bits per heavy atom. The molecular formula is C26H19F7N2O. The molecule has 3 aromatic rings. The first-order valence-corrected chi connectivity index (χ1v) is 10.5. The van der Waals surface area contributed by atoms with Gasteiger partial charge in [0.15, 0.2) is 0 Å². The molecule has 0 aromatic heterocycles. The summed E-state index contributed by atoms with van der Waals surface area (Å²) in [6, 6.07) is 12.7. The number of halogens is 7. The molecular weight excluding hydrogens is 489 g/mol. The minimum atomic E-state index is -5.12. The van der Waals surface area contributed by atoms with Gasteiger partial charge in [0.2, 0.25) is 5.91 Å². The van der Waals surface area contributed by atoms with Crippen LogP contribution in [0.1, 0.15) is 27.8 Å². The molecule has 1 amide bonds. The first-order valence-electron chi connectivity index (χ1n) is 10.5. The van der Waals surface area contributed by atoms with Crippen LogP contribution in [0.2, 0.25) is 0 Å². The molecule has 0 spiro atoms. The van der Waals surface area contributed by atoms with Crippen molar-refractivity contribution in [1.29, 1.82) is 0 Å². The Balaban J connectivity index is 1.92. The zero-order valence-corrected chi connectivity index (χ0v) is 18.6. The molecule has 0 radical (unpaired) electrons. The SMILES string of the molecule is NCc1ccc(C#CCN(C(=O)Cc2ccc(C(F)(F)F)cc2C(F)(F)F)c2ccc(F)cc2)cc1. The normalized spacial score (nSPS) is 11.6. The van der Waals surface area contributed by atoms with Crippen LogP contribution in [-0.4, -0.2) is 12.5 Å². The molecule has 3 rings (SSSR count). The molecule has 0 saturated heterocycles. The average Bonchev–Trinajstić information content (AvgIpc) is 2.82. The van der Waals surface area contributed by atoms with E-state index in [9.17, 15) is 35.5 Å². The summed E-state index contributed by atoms with van der Waals surface area (Å²) in [6.07, 6.45) is -11.0. The Hall–Kier alpha value is -3.84.